The molecular weight excluding hydrogens is 292 g/mol. The van der Waals surface area contributed by atoms with E-state index in [1.54, 1.807) is 32.4 Å². The number of benzene rings is 2. The zero-order valence-electron chi connectivity index (χ0n) is 12.9. The minimum Gasteiger partial charge on any atom is -0.493 e. The van der Waals surface area contributed by atoms with Crippen LogP contribution in [0, 0.1) is 0 Å². The average molecular weight is 308 g/mol. The molecule has 0 atom stereocenters. The zero-order valence-corrected chi connectivity index (χ0v) is 12.9. The Morgan fingerprint density at radius 1 is 0.913 bits per heavy atom. The van der Waals surface area contributed by atoms with Crippen LogP contribution < -0.4 is 14.9 Å². The van der Waals surface area contributed by atoms with Crippen LogP contribution >= 0.6 is 0 Å². The molecule has 116 valence electrons. The van der Waals surface area contributed by atoms with Gasteiger partial charge in [-0.05, 0) is 35.9 Å². The normalized spacial score (nSPS) is 11.0. The first-order valence-electron chi connectivity index (χ1n) is 7.14. The van der Waals surface area contributed by atoms with Gasteiger partial charge in [0.15, 0.2) is 16.9 Å². The second-order valence-corrected chi connectivity index (χ2v) is 4.96. The van der Waals surface area contributed by atoms with Crippen LogP contribution in [0.15, 0.2) is 57.7 Å². The minimum absolute atomic E-state index is 0.0567. The molecule has 0 bridgehead atoms. The second kappa shape index (κ2) is 6.40. The van der Waals surface area contributed by atoms with Gasteiger partial charge in [0.2, 0.25) is 0 Å². The Morgan fingerprint density at radius 2 is 1.70 bits per heavy atom. The minimum atomic E-state index is -0.0567. The lowest BCUT2D eigenvalue weighted by Gasteiger charge is -2.07. The van der Waals surface area contributed by atoms with Gasteiger partial charge >= 0.3 is 0 Å². The molecule has 0 N–H and O–H groups in total. The fraction of sp³-hybridized carbons (Fsp3) is 0.105. The fourth-order valence-corrected chi connectivity index (χ4v) is 2.34. The molecule has 3 aromatic rings. The quantitative estimate of drug-likeness (QED) is 0.731. The largest absolute Gasteiger partial charge is 0.493 e. The summed E-state index contributed by atoms with van der Waals surface area (Å²) < 4.78 is 16.2. The van der Waals surface area contributed by atoms with E-state index in [9.17, 15) is 4.79 Å². The maximum absolute atomic E-state index is 12.1. The molecule has 0 amide bonds. The maximum atomic E-state index is 12.1. The molecule has 3 rings (SSSR count). The Bertz CT molecular complexity index is 922. The van der Waals surface area contributed by atoms with Crippen LogP contribution in [0.25, 0.3) is 23.1 Å². The number of fused-ring (bicyclic) bond motifs is 1. The van der Waals surface area contributed by atoms with E-state index in [1.807, 2.05) is 36.4 Å². The third-order valence-corrected chi connectivity index (χ3v) is 3.50. The van der Waals surface area contributed by atoms with E-state index in [0.29, 0.717) is 28.2 Å². The highest BCUT2D eigenvalue weighted by molar-refractivity contribution is 5.78. The van der Waals surface area contributed by atoms with Gasteiger partial charge in [-0.3, -0.25) is 4.79 Å². The van der Waals surface area contributed by atoms with Crippen LogP contribution in [-0.4, -0.2) is 14.2 Å². The number of para-hydroxylation sites is 1. The molecule has 0 unspecified atom stereocenters. The number of hydrogen-bond acceptors (Lipinski definition) is 4. The second-order valence-electron chi connectivity index (χ2n) is 4.96. The molecule has 1 heterocycles. The molecule has 0 spiro atoms. The van der Waals surface area contributed by atoms with Crippen molar-refractivity contribution in [2.75, 3.05) is 14.2 Å². The van der Waals surface area contributed by atoms with Crippen molar-refractivity contribution in [2.45, 2.75) is 0 Å². The Hall–Kier alpha value is -3.01. The van der Waals surface area contributed by atoms with Crippen molar-refractivity contribution < 1.29 is 13.9 Å². The lowest BCUT2D eigenvalue weighted by atomic mass is 10.1. The van der Waals surface area contributed by atoms with Gasteiger partial charge in [-0.1, -0.05) is 24.3 Å². The molecule has 4 heteroatoms. The van der Waals surface area contributed by atoms with Gasteiger partial charge in [-0.2, -0.15) is 0 Å². The van der Waals surface area contributed by atoms with Crippen LogP contribution in [0.3, 0.4) is 0 Å². The predicted molar refractivity (Wildman–Crippen MR) is 91.0 cm³/mol. The Kier molecular flexibility index (Phi) is 4.15. The first kappa shape index (κ1) is 14.9. The van der Waals surface area contributed by atoms with E-state index in [-0.39, 0.29) is 5.43 Å². The van der Waals surface area contributed by atoms with Crippen molar-refractivity contribution in [1.29, 1.82) is 0 Å². The molecule has 0 aliphatic heterocycles. The van der Waals surface area contributed by atoms with Gasteiger partial charge in [0.25, 0.3) is 0 Å². The van der Waals surface area contributed by atoms with Crippen molar-refractivity contribution in [3.05, 3.63) is 70.1 Å². The van der Waals surface area contributed by atoms with Gasteiger partial charge in [-0.25, -0.2) is 0 Å². The molecule has 0 saturated carbocycles. The van der Waals surface area contributed by atoms with Crippen LogP contribution in [-0.2, 0) is 0 Å². The number of rotatable bonds is 4. The van der Waals surface area contributed by atoms with Gasteiger partial charge in [0, 0.05) is 6.07 Å². The molecule has 0 radical (unpaired) electrons. The predicted octanol–water partition coefficient (Wildman–Crippen LogP) is 3.98. The third kappa shape index (κ3) is 3.11. The molecule has 1 aromatic heterocycles. The van der Waals surface area contributed by atoms with Gasteiger partial charge in [0.05, 0.1) is 19.6 Å². The number of hydrogen-bond donors (Lipinski definition) is 0. The lowest BCUT2D eigenvalue weighted by molar-refractivity contribution is 0.355. The van der Waals surface area contributed by atoms with Crippen LogP contribution in [0.4, 0.5) is 0 Å². The molecule has 0 fully saturated rings. The van der Waals surface area contributed by atoms with Gasteiger partial charge in [0.1, 0.15) is 11.3 Å². The van der Waals surface area contributed by atoms with E-state index >= 15 is 0 Å². The summed E-state index contributed by atoms with van der Waals surface area (Å²) in [5, 5.41) is 0.579. The maximum Gasteiger partial charge on any atom is 0.193 e. The summed E-state index contributed by atoms with van der Waals surface area (Å²) in [6.07, 6.45) is 3.62. The highest BCUT2D eigenvalue weighted by Crippen LogP contribution is 2.28. The topological polar surface area (TPSA) is 48.7 Å². The highest BCUT2D eigenvalue weighted by Gasteiger charge is 2.04. The van der Waals surface area contributed by atoms with Crippen LogP contribution in [0.1, 0.15) is 11.3 Å². The number of methoxy groups -OCH3 is 2. The van der Waals surface area contributed by atoms with Crippen molar-refractivity contribution in [3.8, 4) is 11.5 Å². The summed E-state index contributed by atoms with van der Waals surface area (Å²) in [5.74, 6) is 1.82. The molecular formula is C19H16O4. The van der Waals surface area contributed by atoms with Crippen molar-refractivity contribution in [1.82, 2.24) is 0 Å². The summed E-state index contributed by atoms with van der Waals surface area (Å²) >= 11 is 0. The van der Waals surface area contributed by atoms with E-state index < -0.39 is 0 Å². The Labute approximate surface area is 133 Å². The molecule has 4 nitrogen and oxygen atoms in total. The van der Waals surface area contributed by atoms with Crippen LogP contribution in [0.5, 0.6) is 11.5 Å². The summed E-state index contributed by atoms with van der Waals surface area (Å²) in [6, 6.07) is 14.3. The molecule has 0 aliphatic carbocycles. The van der Waals surface area contributed by atoms with Crippen molar-refractivity contribution >= 4 is 23.1 Å². The molecule has 23 heavy (non-hydrogen) atoms. The fourth-order valence-electron chi connectivity index (χ4n) is 2.34. The first-order chi connectivity index (χ1) is 11.2. The summed E-state index contributed by atoms with van der Waals surface area (Å²) in [5.41, 5.74) is 1.43. The van der Waals surface area contributed by atoms with Gasteiger partial charge < -0.3 is 13.9 Å². The Balaban J connectivity index is 1.95. The zero-order chi connectivity index (χ0) is 16.2. The number of ether oxygens (including phenoxy) is 2. The summed E-state index contributed by atoms with van der Waals surface area (Å²) in [7, 11) is 3.19. The van der Waals surface area contributed by atoms with E-state index in [1.165, 1.54) is 6.07 Å². The SMILES string of the molecule is COc1ccc(C=Cc2cc(=O)c3ccccc3o2)cc1OC. The highest BCUT2D eigenvalue weighted by atomic mass is 16.5. The van der Waals surface area contributed by atoms with Gasteiger partial charge in [-0.15, -0.1) is 0 Å². The molecule has 0 aliphatic rings. The van der Waals surface area contributed by atoms with Crippen molar-refractivity contribution in [3.63, 3.8) is 0 Å². The van der Waals surface area contributed by atoms with Crippen LogP contribution in [0.2, 0.25) is 0 Å². The van der Waals surface area contributed by atoms with Crippen molar-refractivity contribution in [2.24, 2.45) is 0 Å². The summed E-state index contributed by atoms with van der Waals surface area (Å²) in [4.78, 5) is 12.1. The first-order valence-corrected chi connectivity index (χ1v) is 7.14. The Morgan fingerprint density at radius 3 is 2.48 bits per heavy atom. The third-order valence-electron chi connectivity index (χ3n) is 3.50. The molecule has 2 aromatic carbocycles. The molecule has 0 saturated heterocycles. The van der Waals surface area contributed by atoms with E-state index in [4.69, 9.17) is 13.9 Å². The smallest absolute Gasteiger partial charge is 0.193 e. The average Bonchev–Trinajstić information content (AvgIpc) is 2.59. The van der Waals surface area contributed by atoms with E-state index in [2.05, 4.69) is 0 Å². The monoisotopic (exact) mass is 308 g/mol. The standard InChI is InChI=1S/C19H16O4/c1-21-18-10-8-13(11-19(18)22-2)7-9-14-12-16(20)15-5-3-4-6-17(15)23-14/h3-12H,1-2H3. The summed E-state index contributed by atoms with van der Waals surface area (Å²) in [6.45, 7) is 0. The van der Waals surface area contributed by atoms with E-state index in [0.717, 1.165) is 5.56 Å². The lowest BCUT2D eigenvalue weighted by Crippen LogP contribution is -1.99.